The maximum Gasteiger partial charge on any atom is 0.0403 e. The molecule has 0 aliphatic carbocycles. The van der Waals surface area contributed by atoms with E-state index in [0.717, 1.165) is 0 Å². The topological polar surface area (TPSA) is 0 Å². The van der Waals surface area contributed by atoms with Crippen LogP contribution >= 0.6 is 0 Å². The second-order valence-corrected chi connectivity index (χ2v) is 5.48. The van der Waals surface area contributed by atoms with Crippen molar-refractivity contribution in [1.82, 2.24) is 0 Å². The van der Waals surface area contributed by atoms with Crippen LogP contribution in [0.2, 0.25) is 13.1 Å². The monoisotopic (exact) mass is 130 g/mol. The first-order valence-corrected chi connectivity index (χ1v) is 6.84. The minimum atomic E-state index is 0.282. The lowest BCUT2D eigenvalue weighted by atomic mass is 10.6. The largest absolute Gasteiger partial charge is 0.109 e. The normalized spacial score (nSPS) is 13.9. The minimum Gasteiger partial charge on any atom is -0.109 e. The Labute approximate surface area is 50.6 Å². The lowest BCUT2D eigenvalue weighted by molar-refractivity contribution is 1.34. The highest BCUT2D eigenvalue weighted by molar-refractivity contribution is 6.90. The third kappa shape index (κ3) is 2.94. The predicted octanol–water partition coefficient (Wildman–Crippen LogP) is 0.228. The molecule has 7 heavy (non-hydrogen) atoms. The maximum atomic E-state index is 2.38. The molecule has 42 valence electrons. The zero-order chi connectivity index (χ0) is 5.70. The van der Waals surface area contributed by atoms with Gasteiger partial charge in [0.2, 0.25) is 0 Å². The van der Waals surface area contributed by atoms with E-state index in [1.54, 1.807) is 0 Å². The Morgan fingerprint density at radius 1 is 1.71 bits per heavy atom. The summed E-state index contributed by atoms with van der Waals surface area (Å²) in [5.74, 6) is 0. The van der Waals surface area contributed by atoms with E-state index in [1.807, 2.05) is 4.79 Å². The minimum absolute atomic E-state index is 0.282. The fourth-order valence-electron chi connectivity index (χ4n) is 0.658. The summed E-state index contributed by atoms with van der Waals surface area (Å²) in [6.45, 7) is 7.01. The Balaban J connectivity index is 3.38. The van der Waals surface area contributed by atoms with E-state index in [4.69, 9.17) is 0 Å². The zero-order valence-electron chi connectivity index (χ0n) is 5.49. The van der Waals surface area contributed by atoms with Gasteiger partial charge in [0, 0.05) is 9.52 Å². The van der Waals surface area contributed by atoms with Crippen LogP contribution in [0.15, 0.2) is 0 Å². The first-order chi connectivity index (χ1) is 3.35. The van der Waals surface area contributed by atoms with Gasteiger partial charge in [0.1, 0.15) is 0 Å². The molecule has 0 atom stereocenters. The van der Waals surface area contributed by atoms with Crippen LogP contribution in [0.5, 0.6) is 0 Å². The Kier molecular flexibility index (Phi) is 4.66. The van der Waals surface area contributed by atoms with Crippen molar-refractivity contribution in [3.8, 4) is 0 Å². The molecule has 0 N–H and O–H groups in total. The molecule has 0 aliphatic heterocycles. The van der Waals surface area contributed by atoms with Crippen molar-refractivity contribution in [2.24, 2.45) is 0 Å². The quantitative estimate of drug-likeness (QED) is 0.469. The van der Waals surface area contributed by atoms with Gasteiger partial charge in [-0.25, -0.2) is 0 Å². The van der Waals surface area contributed by atoms with Crippen LogP contribution in [0.1, 0.15) is 13.3 Å². The van der Waals surface area contributed by atoms with Crippen LogP contribution in [-0.4, -0.2) is 23.4 Å². The Bertz CT molecular complexity index is 60.5. The standard InChI is InChI=1S/C5H14Si2/c1-4-5(6-2)7-3/h6H,4,7H2,1-3H3. The van der Waals surface area contributed by atoms with Crippen LogP contribution < -0.4 is 0 Å². The van der Waals surface area contributed by atoms with Gasteiger partial charge >= 0.3 is 0 Å². The molecule has 0 spiro atoms. The average Bonchev–Trinajstić information content (AvgIpc) is 1.72. The van der Waals surface area contributed by atoms with Gasteiger partial charge in [-0.1, -0.05) is 20.0 Å². The van der Waals surface area contributed by atoms with Crippen LogP contribution in [0.4, 0.5) is 0 Å². The lowest BCUT2D eigenvalue weighted by Crippen LogP contribution is -2.06. The molecule has 0 saturated carbocycles. The molecule has 0 nitrogen and oxygen atoms in total. The molecule has 0 aromatic carbocycles. The van der Waals surface area contributed by atoms with E-state index in [0.29, 0.717) is 9.13 Å². The fraction of sp³-hybridized carbons (Fsp3) is 0.800. The van der Waals surface area contributed by atoms with E-state index in [1.165, 1.54) is 6.42 Å². The van der Waals surface area contributed by atoms with Crippen molar-refractivity contribution in [2.45, 2.75) is 26.4 Å². The van der Waals surface area contributed by atoms with Gasteiger partial charge in [-0.2, -0.15) is 0 Å². The average molecular weight is 130 g/mol. The lowest BCUT2D eigenvalue weighted by Gasteiger charge is -1.92. The van der Waals surface area contributed by atoms with Crippen molar-refractivity contribution >= 4 is 23.4 Å². The molecule has 0 rings (SSSR count). The predicted molar refractivity (Wildman–Crippen MR) is 42.7 cm³/mol. The molecular weight excluding hydrogens is 116 g/mol. The first kappa shape index (κ1) is 7.30. The Hall–Kier alpha value is 0.304. The summed E-state index contributed by atoms with van der Waals surface area (Å²) in [5, 5.41) is 0. The molecule has 0 fully saturated rings. The summed E-state index contributed by atoms with van der Waals surface area (Å²) < 4.78 is 0. The third-order valence-electron chi connectivity index (χ3n) is 1.32. The Morgan fingerprint density at radius 3 is 2.29 bits per heavy atom. The van der Waals surface area contributed by atoms with Gasteiger partial charge in [-0.15, -0.1) is 4.79 Å². The van der Waals surface area contributed by atoms with Crippen molar-refractivity contribution < 1.29 is 0 Å². The highest BCUT2D eigenvalue weighted by Crippen LogP contribution is 1.75. The Morgan fingerprint density at radius 2 is 2.29 bits per heavy atom. The van der Waals surface area contributed by atoms with E-state index in [2.05, 4.69) is 20.0 Å². The summed E-state index contributed by atoms with van der Waals surface area (Å²) in [6.07, 6.45) is 1.37. The molecule has 0 bridgehead atoms. The summed E-state index contributed by atoms with van der Waals surface area (Å²) in [7, 11) is 0.998. The summed E-state index contributed by atoms with van der Waals surface area (Å²) >= 11 is 0. The molecule has 0 aromatic rings. The van der Waals surface area contributed by atoms with Crippen molar-refractivity contribution in [3.63, 3.8) is 0 Å². The van der Waals surface area contributed by atoms with Crippen LogP contribution in [-0.2, 0) is 0 Å². The van der Waals surface area contributed by atoms with E-state index < -0.39 is 0 Å². The van der Waals surface area contributed by atoms with Gasteiger partial charge in [0.25, 0.3) is 0 Å². The molecule has 0 heterocycles. The number of hydrogen-bond acceptors (Lipinski definition) is 0. The molecule has 0 aromatic heterocycles. The fourth-order valence-corrected chi connectivity index (χ4v) is 3.20. The molecule has 0 unspecified atom stereocenters. The number of hydrogen-bond donors (Lipinski definition) is 0. The van der Waals surface area contributed by atoms with Gasteiger partial charge in [-0.3, -0.25) is 0 Å². The van der Waals surface area contributed by atoms with Crippen molar-refractivity contribution in [3.05, 3.63) is 0 Å². The van der Waals surface area contributed by atoms with E-state index >= 15 is 0 Å². The van der Waals surface area contributed by atoms with Crippen LogP contribution in [0, 0.1) is 0 Å². The highest BCUT2D eigenvalue weighted by Gasteiger charge is 1.82. The van der Waals surface area contributed by atoms with Crippen molar-refractivity contribution in [2.75, 3.05) is 0 Å². The maximum absolute atomic E-state index is 2.38. The highest BCUT2D eigenvalue weighted by atomic mass is 28.2. The molecule has 2 heteroatoms. The second-order valence-electron chi connectivity index (χ2n) is 1.65. The van der Waals surface area contributed by atoms with E-state index in [9.17, 15) is 0 Å². The molecule has 0 saturated heterocycles. The molecule has 0 aliphatic rings. The summed E-state index contributed by atoms with van der Waals surface area (Å²) in [4.78, 5) is 1.90. The second kappa shape index (κ2) is 4.46. The van der Waals surface area contributed by atoms with Crippen molar-refractivity contribution in [1.29, 1.82) is 0 Å². The first-order valence-electron chi connectivity index (χ1n) is 2.99. The van der Waals surface area contributed by atoms with Gasteiger partial charge in [-0.05, 0) is 15.6 Å². The molecule has 0 amide bonds. The van der Waals surface area contributed by atoms with Gasteiger partial charge < -0.3 is 0 Å². The van der Waals surface area contributed by atoms with Crippen LogP contribution in [0.3, 0.4) is 0 Å². The van der Waals surface area contributed by atoms with Gasteiger partial charge in [0.05, 0.1) is 0 Å². The van der Waals surface area contributed by atoms with Crippen LogP contribution in [0.25, 0.3) is 0 Å². The van der Waals surface area contributed by atoms with E-state index in [-0.39, 0.29) is 9.52 Å². The molecule has 0 radical (unpaired) electrons. The van der Waals surface area contributed by atoms with Gasteiger partial charge in [0.15, 0.2) is 0 Å². The number of rotatable bonds is 2. The molecular formula is C5H14Si2. The smallest absolute Gasteiger partial charge is 0.0403 e. The summed E-state index contributed by atoms with van der Waals surface area (Å²) in [6, 6.07) is 0. The SMILES string of the molecule is CCC(=[SiH]C)[SiH2]C. The third-order valence-corrected chi connectivity index (χ3v) is 6.40. The zero-order valence-corrected chi connectivity index (χ0v) is 8.06. The summed E-state index contributed by atoms with van der Waals surface area (Å²) in [5.41, 5.74) is 0.